The standard InChI is InChI=1S/C30H50O3/c1-20(5-10-27(31)21-12-17-33-18-13-21)24-8-9-25-23-7-6-22-19-28(2,32)15-16-29(22,3)26(23)11-14-30(24,25)4/h6,20-21,23-27,31-32H,5,7-19H2,1-4H3/t20-,23+,24-,25+,26+,27-,28+,29+,30-/m1/s1. The maximum Gasteiger partial charge on any atom is 0.0657 e. The van der Waals surface area contributed by atoms with Crippen LogP contribution in [0.1, 0.15) is 105 Å². The van der Waals surface area contributed by atoms with Gasteiger partial charge in [-0.05, 0) is 130 Å². The minimum Gasteiger partial charge on any atom is -0.393 e. The van der Waals surface area contributed by atoms with Crippen LogP contribution in [0.4, 0.5) is 0 Å². The quantitative estimate of drug-likeness (QED) is 0.461. The van der Waals surface area contributed by atoms with Crippen molar-refractivity contribution < 1.29 is 14.9 Å². The van der Waals surface area contributed by atoms with Gasteiger partial charge in [0.15, 0.2) is 0 Å². The summed E-state index contributed by atoms with van der Waals surface area (Å²) in [5.41, 5.74) is 1.88. The molecular formula is C30H50O3. The van der Waals surface area contributed by atoms with Crippen LogP contribution in [0.5, 0.6) is 0 Å². The van der Waals surface area contributed by atoms with Crippen LogP contribution < -0.4 is 0 Å². The Hall–Kier alpha value is -0.380. The molecule has 0 unspecified atom stereocenters. The Kier molecular flexibility index (Phi) is 6.58. The van der Waals surface area contributed by atoms with Gasteiger partial charge in [0.25, 0.3) is 0 Å². The minimum absolute atomic E-state index is 0.137. The van der Waals surface area contributed by atoms with Gasteiger partial charge in [0.2, 0.25) is 0 Å². The molecule has 188 valence electrons. The maximum atomic E-state index is 10.8. The Bertz CT molecular complexity index is 737. The molecule has 5 rings (SSSR count). The summed E-state index contributed by atoms with van der Waals surface area (Å²) in [7, 11) is 0. The molecule has 9 atom stereocenters. The Morgan fingerprint density at radius 1 is 0.970 bits per heavy atom. The molecule has 0 radical (unpaired) electrons. The predicted molar refractivity (Wildman–Crippen MR) is 134 cm³/mol. The fourth-order valence-corrected chi connectivity index (χ4v) is 9.75. The third-order valence-electron chi connectivity index (χ3n) is 11.9. The summed E-state index contributed by atoms with van der Waals surface area (Å²) in [5.74, 6) is 4.49. The van der Waals surface area contributed by atoms with E-state index in [4.69, 9.17) is 4.74 Å². The minimum atomic E-state index is -0.496. The average molecular weight is 459 g/mol. The number of rotatable bonds is 5. The van der Waals surface area contributed by atoms with E-state index in [1.165, 1.54) is 44.9 Å². The van der Waals surface area contributed by atoms with Crippen LogP contribution in [-0.2, 0) is 4.74 Å². The molecule has 2 N–H and O–H groups in total. The van der Waals surface area contributed by atoms with Crippen molar-refractivity contribution in [1.29, 1.82) is 0 Å². The van der Waals surface area contributed by atoms with Crippen LogP contribution in [-0.4, -0.2) is 35.1 Å². The van der Waals surface area contributed by atoms with Gasteiger partial charge in [0.1, 0.15) is 0 Å². The molecule has 0 aromatic rings. The predicted octanol–water partition coefficient (Wildman–Crippen LogP) is 6.52. The molecule has 1 saturated heterocycles. The Morgan fingerprint density at radius 2 is 1.73 bits per heavy atom. The lowest BCUT2D eigenvalue weighted by Gasteiger charge is -2.59. The van der Waals surface area contributed by atoms with Crippen LogP contribution >= 0.6 is 0 Å². The van der Waals surface area contributed by atoms with Gasteiger partial charge in [-0.3, -0.25) is 0 Å². The van der Waals surface area contributed by atoms with Gasteiger partial charge in [-0.15, -0.1) is 0 Å². The number of hydrogen-bond acceptors (Lipinski definition) is 3. The van der Waals surface area contributed by atoms with Crippen molar-refractivity contribution in [3.8, 4) is 0 Å². The highest BCUT2D eigenvalue weighted by Crippen LogP contribution is 2.67. The first-order chi connectivity index (χ1) is 15.6. The van der Waals surface area contributed by atoms with E-state index in [1.54, 1.807) is 5.57 Å². The Labute approximate surface area is 202 Å². The van der Waals surface area contributed by atoms with Gasteiger partial charge in [0.05, 0.1) is 11.7 Å². The van der Waals surface area contributed by atoms with Crippen molar-refractivity contribution >= 4 is 0 Å². The van der Waals surface area contributed by atoms with E-state index in [9.17, 15) is 10.2 Å². The van der Waals surface area contributed by atoms with E-state index < -0.39 is 5.60 Å². The summed E-state index contributed by atoms with van der Waals surface area (Å²) in [6.07, 6.45) is 16.5. The second-order valence-electron chi connectivity index (χ2n) is 13.7. The number of allylic oxidation sites excluding steroid dienone is 1. The molecule has 5 aliphatic rings. The SMILES string of the molecule is C[C@H](CC[C@@H](O)C1CCOCC1)[C@H]1CC[C@H]2[C@@H]3CC=C4C[C@@](C)(O)CC[C@]4(C)[C@H]3CC[C@]12C. The first-order valence-electron chi connectivity index (χ1n) is 14.3. The molecule has 0 bridgehead atoms. The van der Waals surface area contributed by atoms with Crippen LogP contribution in [0.3, 0.4) is 0 Å². The van der Waals surface area contributed by atoms with Gasteiger partial charge < -0.3 is 14.9 Å². The highest BCUT2D eigenvalue weighted by molar-refractivity contribution is 5.26. The van der Waals surface area contributed by atoms with Gasteiger partial charge in [-0.2, -0.15) is 0 Å². The zero-order chi connectivity index (χ0) is 23.4. The second-order valence-corrected chi connectivity index (χ2v) is 13.7. The third-order valence-corrected chi connectivity index (χ3v) is 11.9. The van der Waals surface area contributed by atoms with E-state index in [0.717, 1.165) is 69.0 Å². The summed E-state index contributed by atoms with van der Waals surface area (Å²) in [6, 6.07) is 0. The highest BCUT2D eigenvalue weighted by atomic mass is 16.5. The van der Waals surface area contributed by atoms with Crippen molar-refractivity contribution in [2.45, 2.75) is 116 Å². The lowest BCUT2D eigenvalue weighted by atomic mass is 9.46. The molecule has 1 heterocycles. The van der Waals surface area contributed by atoms with Gasteiger partial charge in [-0.1, -0.05) is 32.4 Å². The molecule has 0 spiro atoms. The maximum absolute atomic E-state index is 10.8. The van der Waals surface area contributed by atoms with Crippen LogP contribution in [0.25, 0.3) is 0 Å². The topological polar surface area (TPSA) is 49.7 Å². The van der Waals surface area contributed by atoms with Gasteiger partial charge >= 0.3 is 0 Å². The molecule has 33 heavy (non-hydrogen) atoms. The van der Waals surface area contributed by atoms with Gasteiger partial charge in [-0.25, -0.2) is 0 Å². The fourth-order valence-electron chi connectivity index (χ4n) is 9.75. The average Bonchev–Trinajstić information content (AvgIpc) is 3.15. The number of ether oxygens (including phenoxy) is 1. The molecule has 4 aliphatic carbocycles. The van der Waals surface area contributed by atoms with Crippen LogP contribution in [0.2, 0.25) is 0 Å². The van der Waals surface area contributed by atoms with Crippen LogP contribution in [0, 0.1) is 46.3 Å². The third kappa shape index (κ3) is 4.27. The van der Waals surface area contributed by atoms with E-state index in [0.29, 0.717) is 22.7 Å². The van der Waals surface area contributed by atoms with Crippen LogP contribution in [0.15, 0.2) is 11.6 Å². The molecule has 4 fully saturated rings. The van der Waals surface area contributed by atoms with Crippen molar-refractivity contribution in [3.63, 3.8) is 0 Å². The number of fused-ring (bicyclic) bond motifs is 5. The van der Waals surface area contributed by atoms with E-state index in [2.05, 4.69) is 26.8 Å². The lowest BCUT2D eigenvalue weighted by molar-refractivity contribution is -0.0713. The molecule has 0 amide bonds. The van der Waals surface area contributed by atoms with E-state index >= 15 is 0 Å². The number of aliphatic hydroxyl groups excluding tert-OH is 1. The molecule has 0 aromatic heterocycles. The van der Waals surface area contributed by atoms with Crippen molar-refractivity contribution in [3.05, 3.63) is 11.6 Å². The monoisotopic (exact) mass is 458 g/mol. The Morgan fingerprint density at radius 3 is 2.48 bits per heavy atom. The molecule has 3 heteroatoms. The van der Waals surface area contributed by atoms with E-state index in [-0.39, 0.29) is 6.10 Å². The first kappa shape index (κ1) is 24.3. The molecule has 3 saturated carbocycles. The normalized spacial score (nSPS) is 47.8. The summed E-state index contributed by atoms with van der Waals surface area (Å²) < 4.78 is 5.50. The van der Waals surface area contributed by atoms with Crippen molar-refractivity contribution in [2.24, 2.45) is 46.3 Å². The van der Waals surface area contributed by atoms with Crippen molar-refractivity contribution in [2.75, 3.05) is 13.2 Å². The summed E-state index contributed by atoms with van der Waals surface area (Å²) in [6.45, 7) is 11.4. The van der Waals surface area contributed by atoms with E-state index in [1.807, 2.05) is 6.92 Å². The smallest absolute Gasteiger partial charge is 0.0657 e. The molecule has 3 nitrogen and oxygen atoms in total. The highest BCUT2D eigenvalue weighted by Gasteiger charge is 2.59. The summed E-state index contributed by atoms with van der Waals surface area (Å²) in [5, 5.41) is 21.5. The number of hydrogen-bond donors (Lipinski definition) is 2. The largest absolute Gasteiger partial charge is 0.393 e. The molecule has 1 aliphatic heterocycles. The molecular weight excluding hydrogens is 408 g/mol. The number of aliphatic hydroxyl groups is 2. The summed E-state index contributed by atoms with van der Waals surface area (Å²) >= 11 is 0. The zero-order valence-electron chi connectivity index (χ0n) is 21.8. The zero-order valence-corrected chi connectivity index (χ0v) is 21.8. The fraction of sp³-hybridized carbons (Fsp3) is 0.933. The first-order valence-corrected chi connectivity index (χ1v) is 14.3. The van der Waals surface area contributed by atoms with Gasteiger partial charge in [0, 0.05) is 13.2 Å². The second kappa shape index (κ2) is 8.93. The van der Waals surface area contributed by atoms with Crippen molar-refractivity contribution in [1.82, 2.24) is 0 Å². The molecule has 0 aromatic carbocycles. The Balaban J connectivity index is 1.25. The summed E-state index contributed by atoms with van der Waals surface area (Å²) in [4.78, 5) is 0. The lowest BCUT2D eigenvalue weighted by Crippen LogP contribution is -2.52.